The zero-order valence-electron chi connectivity index (χ0n) is 17.1. The van der Waals surface area contributed by atoms with E-state index < -0.39 is 5.60 Å². The van der Waals surface area contributed by atoms with Crippen LogP contribution >= 0.6 is 0 Å². The lowest BCUT2D eigenvalue weighted by atomic mass is 9.88. The quantitative estimate of drug-likeness (QED) is 0.641. The first-order valence-corrected chi connectivity index (χ1v) is 10.8. The fraction of sp³-hybridized carbons (Fsp3) is 0.296. The molecule has 1 aliphatic carbocycles. The highest BCUT2D eigenvalue weighted by Gasteiger charge is 2.40. The molecular formula is C27H26N2O. The van der Waals surface area contributed by atoms with Crippen LogP contribution < -0.4 is 0 Å². The third-order valence-electron chi connectivity index (χ3n) is 6.47. The second-order valence-electron chi connectivity index (χ2n) is 8.25. The van der Waals surface area contributed by atoms with E-state index in [1.807, 2.05) is 54.9 Å². The Morgan fingerprint density at radius 2 is 1.67 bits per heavy atom. The summed E-state index contributed by atoms with van der Waals surface area (Å²) < 4.78 is 0. The largest absolute Gasteiger partial charge is 0.379 e. The topological polar surface area (TPSA) is 36.4 Å². The van der Waals surface area contributed by atoms with Crippen molar-refractivity contribution >= 4 is 0 Å². The van der Waals surface area contributed by atoms with E-state index in [1.54, 1.807) is 0 Å². The monoisotopic (exact) mass is 394 g/mol. The summed E-state index contributed by atoms with van der Waals surface area (Å²) in [6, 6.07) is 20.8. The Labute approximate surface area is 178 Å². The molecule has 1 fully saturated rings. The summed E-state index contributed by atoms with van der Waals surface area (Å²) >= 11 is 0. The molecule has 0 unspecified atom stereocenters. The van der Waals surface area contributed by atoms with Crippen molar-refractivity contribution in [1.29, 1.82) is 0 Å². The molecule has 30 heavy (non-hydrogen) atoms. The van der Waals surface area contributed by atoms with Gasteiger partial charge in [-0.05, 0) is 53.3 Å². The van der Waals surface area contributed by atoms with Crippen LogP contribution in [0.15, 0.2) is 73.1 Å². The van der Waals surface area contributed by atoms with Gasteiger partial charge in [0.15, 0.2) is 0 Å². The number of pyridine rings is 1. The molecule has 0 spiro atoms. The van der Waals surface area contributed by atoms with Crippen LogP contribution in [0.2, 0.25) is 0 Å². The lowest BCUT2D eigenvalue weighted by Gasteiger charge is -2.34. The van der Waals surface area contributed by atoms with Gasteiger partial charge in [0.2, 0.25) is 0 Å². The van der Waals surface area contributed by atoms with Crippen LogP contribution in [-0.4, -0.2) is 28.1 Å². The van der Waals surface area contributed by atoms with Gasteiger partial charge in [0.1, 0.15) is 5.60 Å². The number of aromatic nitrogens is 1. The van der Waals surface area contributed by atoms with Crippen molar-refractivity contribution in [2.24, 2.45) is 0 Å². The Hall–Kier alpha value is -2.93. The normalized spacial score (nSPS) is 19.4. The first kappa shape index (κ1) is 19.1. The summed E-state index contributed by atoms with van der Waals surface area (Å²) in [6.45, 7) is 1.78. The Morgan fingerprint density at radius 1 is 0.933 bits per heavy atom. The maximum atomic E-state index is 11.6. The van der Waals surface area contributed by atoms with E-state index in [9.17, 15) is 5.11 Å². The Balaban J connectivity index is 1.36. The summed E-state index contributed by atoms with van der Waals surface area (Å²) in [5.74, 6) is 6.68. The molecule has 3 aromatic rings. The third-order valence-corrected chi connectivity index (χ3v) is 6.47. The lowest BCUT2D eigenvalue weighted by Crippen LogP contribution is -2.33. The molecule has 1 aliphatic heterocycles. The molecule has 1 atom stereocenters. The molecule has 1 N–H and O–H groups in total. The molecule has 1 aromatic heterocycles. The van der Waals surface area contributed by atoms with Gasteiger partial charge in [-0.25, -0.2) is 0 Å². The van der Waals surface area contributed by atoms with E-state index in [0.29, 0.717) is 12.5 Å². The van der Waals surface area contributed by atoms with Gasteiger partial charge in [-0.1, -0.05) is 72.9 Å². The number of aliphatic hydroxyl groups is 1. The molecule has 150 valence electrons. The predicted octanol–water partition coefficient (Wildman–Crippen LogP) is 4.92. The van der Waals surface area contributed by atoms with Gasteiger partial charge in [0.05, 0.1) is 6.54 Å². The molecule has 0 bridgehead atoms. The lowest BCUT2D eigenvalue weighted by molar-refractivity contribution is 0.0913. The third kappa shape index (κ3) is 3.33. The second kappa shape index (κ2) is 8.07. The van der Waals surface area contributed by atoms with E-state index >= 15 is 0 Å². The van der Waals surface area contributed by atoms with E-state index in [0.717, 1.165) is 41.8 Å². The summed E-state index contributed by atoms with van der Waals surface area (Å²) in [7, 11) is 0. The first-order chi connectivity index (χ1) is 14.8. The van der Waals surface area contributed by atoms with E-state index in [-0.39, 0.29) is 0 Å². The first-order valence-electron chi connectivity index (χ1n) is 10.8. The minimum absolute atomic E-state index is 0.387. The number of rotatable bonds is 3. The van der Waals surface area contributed by atoms with Crippen LogP contribution in [0.25, 0.3) is 11.1 Å². The number of hydrogen-bond acceptors (Lipinski definition) is 3. The van der Waals surface area contributed by atoms with Crippen molar-refractivity contribution in [3.63, 3.8) is 0 Å². The van der Waals surface area contributed by atoms with Crippen molar-refractivity contribution < 1.29 is 5.11 Å². The maximum absolute atomic E-state index is 11.6. The molecule has 5 rings (SSSR count). The number of piperidine rings is 1. The molecule has 0 radical (unpaired) electrons. The zero-order chi connectivity index (χ0) is 20.4. The molecular weight excluding hydrogens is 368 g/mol. The van der Waals surface area contributed by atoms with Crippen molar-refractivity contribution in [2.45, 2.75) is 37.3 Å². The number of nitrogens with zero attached hydrogens (tertiary/aromatic N) is 2. The number of likely N-dealkylation sites (tertiary alicyclic amines) is 1. The Bertz CT molecular complexity index is 1050. The zero-order valence-corrected chi connectivity index (χ0v) is 17.1. The fourth-order valence-corrected chi connectivity index (χ4v) is 4.97. The SMILES string of the molecule is OC1(CC#CCN2CCCC[C@H]2c2cccnc2)c2ccccc2-c2ccccc21. The maximum Gasteiger partial charge on any atom is 0.127 e. The van der Waals surface area contributed by atoms with Gasteiger partial charge in [0.25, 0.3) is 0 Å². The summed E-state index contributed by atoms with van der Waals surface area (Å²) in [5.41, 5.74) is 4.40. The van der Waals surface area contributed by atoms with Crippen molar-refractivity contribution in [3.05, 3.63) is 89.7 Å². The van der Waals surface area contributed by atoms with Gasteiger partial charge >= 0.3 is 0 Å². The van der Waals surface area contributed by atoms with Crippen LogP contribution in [0, 0.1) is 11.8 Å². The summed E-state index contributed by atoms with van der Waals surface area (Å²) in [6.07, 6.45) is 7.82. The number of fused-ring (bicyclic) bond motifs is 3. The van der Waals surface area contributed by atoms with Gasteiger partial charge in [-0.15, -0.1) is 0 Å². The van der Waals surface area contributed by atoms with E-state index in [4.69, 9.17) is 0 Å². The highest BCUT2D eigenvalue weighted by Crippen LogP contribution is 2.48. The minimum atomic E-state index is -1.04. The highest BCUT2D eigenvalue weighted by molar-refractivity contribution is 5.80. The molecule has 3 nitrogen and oxygen atoms in total. The van der Waals surface area contributed by atoms with Gasteiger partial charge in [0, 0.05) is 24.9 Å². The molecule has 2 heterocycles. The fourth-order valence-electron chi connectivity index (χ4n) is 4.97. The van der Waals surface area contributed by atoms with Crippen LogP contribution in [0.3, 0.4) is 0 Å². The second-order valence-corrected chi connectivity index (χ2v) is 8.25. The Morgan fingerprint density at radius 3 is 2.37 bits per heavy atom. The van der Waals surface area contributed by atoms with Crippen molar-refractivity contribution in [2.75, 3.05) is 13.1 Å². The average molecular weight is 395 g/mol. The molecule has 0 saturated carbocycles. The van der Waals surface area contributed by atoms with Crippen LogP contribution in [0.4, 0.5) is 0 Å². The highest BCUT2D eigenvalue weighted by atomic mass is 16.3. The summed E-state index contributed by atoms with van der Waals surface area (Å²) in [5, 5.41) is 11.6. The van der Waals surface area contributed by atoms with Crippen molar-refractivity contribution in [3.8, 4) is 23.0 Å². The standard InChI is InChI=1S/C27H26N2O/c30-27(24-13-3-1-11-22(24)23-12-2-4-14-25(23)27)16-6-8-19-29-18-7-5-15-26(29)21-10-9-17-28-20-21/h1-4,9-14,17,20,26,30H,5,7,15-16,18-19H2/t26-/m0/s1. The molecule has 0 amide bonds. The number of benzene rings is 2. The van der Waals surface area contributed by atoms with E-state index in [2.05, 4.69) is 39.9 Å². The molecule has 2 aromatic carbocycles. The van der Waals surface area contributed by atoms with Crippen LogP contribution in [0.5, 0.6) is 0 Å². The number of hydrogen-bond donors (Lipinski definition) is 1. The molecule has 2 aliphatic rings. The average Bonchev–Trinajstić information content (AvgIpc) is 3.07. The van der Waals surface area contributed by atoms with Crippen LogP contribution in [-0.2, 0) is 5.60 Å². The van der Waals surface area contributed by atoms with Crippen LogP contribution in [0.1, 0.15) is 48.4 Å². The smallest absolute Gasteiger partial charge is 0.127 e. The van der Waals surface area contributed by atoms with Gasteiger partial charge in [-0.3, -0.25) is 9.88 Å². The van der Waals surface area contributed by atoms with Gasteiger partial charge < -0.3 is 5.11 Å². The molecule has 1 saturated heterocycles. The van der Waals surface area contributed by atoms with Crippen molar-refractivity contribution in [1.82, 2.24) is 9.88 Å². The predicted molar refractivity (Wildman–Crippen MR) is 120 cm³/mol. The minimum Gasteiger partial charge on any atom is -0.379 e. The van der Waals surface area contributed by atoms with E-state index in [1.165, 1.54) is 18.4 Å². The van der Waals surface area contributed by atoms with Gasteiger partial charge in [-0.2, -0.15) is 0 Å². The Kier molecular flexibility index (Phi) is 5.12. The molecule has 3 heteroatoms. The summed E-state index contributed by atoms with van der Waals surface area (Å²) in [4.78, 5) is 6.75.